The Morgan fingerprint density at radius 3 is 2.71 bits per heavy atom. The van der Waals surface area contributed by atoms with Gasteiger partial charge in [0.1, 0.15) is 5.75 Å². The number of fused-ring (bicyclic) bond motifs is 3. The van der Waals surface area contributed by atoms with Crippen LogP contribution in [0.15, 0.2) is 54.6 Å². The average Bonchev–Trinajstić information content (AvgIpc) is 2.98. The third-order valence-corrected chi connectivity index (χ3v) is 4.58. The molecule has 1 aliphatic rings. The van der Waals surface area contributed by atoms with E-state index in [2.05, 4.69) is 28.8 Å². The van der Waals surface area contributed by atoms with Crippen LogP contribution in [0.5, 0.6) is 5.75 Å². The van der Waals surface area contributed by atoms with E-state index in [0.29, 0.717) is 6.54 Å². The third kappa shape index (κ3) is 2.75. The van der Waals surface area contributed by atoms with Crippen molar-refractivity contribution in [3.63, 3.8) is 0 Å². The number of para-hydroxylation sites is 1. The molecule has 122 valence electrons. The summed E-state index contributed by atoms with van der Waals surface area (Å²) in [7, 11) is 0. The van der Waals surface area contributed by atoms with Crippen molar-refractivity contribution in [2.75, 3.05) is 13.2 Å². The van der Waals surface area contributed by atoms with E-state index in [-0.39, 0.29) is 12.5 Å². The normalized spacial score (nSPS) is 13.8. The van der Waals surface area contributed by atoms with E-state index in [9.17, 15) is 4.79 Å². The zero-order valence-electron chi connectivity index (χ0n) is 13.7. The Morgan fingerprint density at radius 1 is 1.08 bits per heavy atom. The molecule has 3 aromatic rings. The number of nitrogens with zero attached hydrogens (tertiary/aromatic N) is 2. The lowest BCUT2D eigenvalue weighted by Gasteiger charge is -2.29. The second kappa shape index (κ2) is 6.04. The van der Waals surface area contributed by atoms with Crippen LogP contribution in [0.25, 0.3) is 10.9 Å². The van der Waals surface area contributed by atoms with E-state index >= 15 is 0 Å². The summed E-state index contributed by atoms with van der Waals surface area (Å²) in [6.45, 7) is 4.32. The van der Waals surface area contributed by atoms with Gasteiger partial charge in [-0.2, -0.15) is 0 Å². The van der Waals surface area contributed by atoms with Crippen LogP contribution in [0.1, 0.15) is 11.3 Å². The van der Waals surface area contributed by atoms with Gasteiger partial charge in [-0.25, -0.2) is 0 Å². The molecule has 0 fully saturated rings. The fourth-order valence-electron chi connectivity index (χ4n) is 3.24. The fourth-order valence-corrected chi connectivity index (χ4v) is 3.24. The molecule has 1 aliphatic heterocycles. The topological polar surface area (TPSA) is 34.5 Å². The van der Waals surface area contributed by atoms with Gasteiger partial charge in [0.15, 0.2) is 6.61 Å². The molecule has 2 aromatic carbocycles. The Bertz CT molecular complexity index is 880. The van der Waals surface area contributed by atoms with E-state index in [1.807, 2.05) is 42.2 Å². The highest BCUT2D eigenvalue weighted by atomic mass is 16.5. The van der Waals surface area contributed by atoms with Crippen LogP contribution in [0.3, 0.4) is 0 Å². The fraction of sp³-hybridized carbons (Fsp3) is 0.250. The lowest BCUT2D eigenvalue weighted by Crippen LogP contribution is -2.40. The van der Waals surface area contributed by atoms with Crippen LogP contribution in [-0.4, -0.2) is 28.5 Å². The predicted octanol–water partition coefficient (Wildman–Crippen LogP) is 3.37. The van der Waals surface area contributed by atoms with E-state index in [1.54, 1.807) is 0 Å². The average molecular weight is 320 g/mol. The summed E-state index contributed by atoms with van der Waals surface area (Å²) in [5.41, 5.74) is 3.61. The molecule has 1 amide bonds. The first kappa shape index (κ1) is 14.8. The first-order chi connectivity index (χ1) is 11.7. The van der Waals surface area contributed by atoms with Gasteiger partial charge in [-0.3, -0.25) is 4.79 Å². The molecule has 0 atom stereocenters. The van der Waals surface area contributed by atoms with Crippen LogP contribution in [0.2, 0.25) is 0 Å². The summed E-state index contributed by atoms with van der Waals surface area (Å²) in [5, 5.41) is 1.23. The van der Waals surface area contributed by atoms with Gasteiger partial charge in [-0.15, -0.1) is 0 Å². The maximum absolute atomic E-state index is 12.5. The van der Waals surface area contributed by atoms with Gasteiger partial charge in [0.2, 0.25) is 0 Å². The summed E-state index contributed by atoms with van der Waals surface area (Å²) in [4.78, 5) is 14.3. The molecule has 24 heavy (non-hydrogen) atoms. The summed E-state index contributed by atoms with van der Waals surface area (Å²) in [6.07, 6.45) is 0. The van der Waals surface area contributed by atoms with Crippen LogP contribution in [0.4, 0.5) is 0 Å². The van der Waals surface area contributed by atoms with Crippen LogP contribution in [0, 0.1) is 6.92 Å². The molecule has 0 saturated heterocycles. The Morgan fingerprint density at radius 2 is 1.88 bits per heavy atom. The molecule has 0 spiro atoms. The number of amides is 1. The van der Waals surface area contributed by atoms with Crippen LogP contribution < -0.4 is 4.74 Å². The Labute approximate surface area is 141 Å². The van der Waals surface area contributed by atoms with Crippen molar-refractivity contribution in [2.45, 2.75) is 20.0 Å². The molecule has 0 radical (unpaired) electrons. The van der Waals surface area contributed by atoms with Crippen molar-refractivity contribution in [3.8, 4) is 5.75 Å². The highest BCUT2D eigenvalue weighted by Gasteiger charge is 2.22. The molecule has 4 heteroatoms. The first-order valence-electron chi connectivity index (χ1n) is 8.25. The largest absolute Gasteiger partial charge is 0.484 e. The van der Waals surface area contributed by atoms with E-state index in [0.717, 1.165) is 18.8 Å². The third-order valence-electron chi connectivity index (χ3n) is 4.58. The Kier molecular flexibility index (Phi) is 3.73. The number of rotatable bonds is 3. The van der Waals surface area contributed by atoms with Crippen molar-refractivity contribution < 1.29 is 9.53 Å². The van der Waals surface area contributed by atoms with Crippen molar-refractivity contribution in [1.29, 1.82) is 0 Å². The number of aryl methyl sites for hydroxylation is 1. The zero-order chi connectivity index (χ0) is 16.5. The minimum absolute atomic E-state index is 0.0343. The first-order valence-corrected chi connectivity index (χ1v) is 8.25. The maximum Gasteiger partial charge on any atom is 0.260 e. The van der Waals surface area contributed by atoms with Crippen molar-refractivity contribution >= 4 is 16.8 Å². The Balaban J connectivity index is 1.44. The zero-order valence-corrected chi connectivity index (χ0v) is 13.7. The van der Waals surface area contributed by atoms with E-state index in [4.69, 9.17) is 4.74 Å². The lowest BCUT2D eigenvalue weighted by atomic mass is 10.2. The van der Waals surface area contributed by atoms with Gasteiger partial charge in [0, 0.05) is 24.3 Å². The second-order valence-electron chi connectivity index (χ2n) is 6.26. The van der Waals surface area contributed by atoms with Crippen LogP contribution in [-0.2, 0) is 17.9 Å². The standard InChI is InChI=1S/C20H20N2O2/c1-15-6-8-18(9-7-15)24-14-20(23)21-10-11-22-17(13-21)12-16-4-2-3-5-19(16)22/h2-9,12H,10-11,13-14H2,1H3. The molecule has 2 heterocycles. The Hall–Kier alpha value is -2.75. The summed E-state index contributed by atoms with van der Waals surface area (Å²) in [5.74, 6) is 0.771. The minimum atomic E-state index is 0.0343. The highest BCUT2D eigenvalue weighted by molar-refractivity contribution is 5.82. The number of benzene rings is 2. The maximum atomic E-state index is 12.5. The molecular formula is C20H20N2O2. The molecule has 4 rings (SSSR count). The number of aromatic nitrogens is 1. The number of carbonyl (C=O) groups excluding carboxylic acids is 1. The van der Waals surface area contributed by atoms with Gasteiger partial charge in [-0.1, -0.05) is 35.9 Å². The van der Waals surface area contributed by atoms with Crippen molar-refractivity contribution in [2.24, 2.45) is 0 Å². The molecule has 1 aromatic heterocycles. The quantitative estimate of drug-likeness (QED) is 0.741. The smallest absolute Gasteiger partial charge is 0.260 e. The molecule has 0 aliphatic carbocycles. The van der Waals surface area contributed by atoms with Gasteiger partial charge in [0.25, 0.3) is 5.91 Å². The van der Waals surface area contributed by atoms with E-state index < -0.39 is 0 Å². The second-order valence-corrected chi connectivity index (χ2v) is 6.26. The molecular weight excluding hydrogens is 300 g/mol. The van der Waals surface area contributed by atoms with Gasteiger partial charge in [-0.05, 0) is 36.6 Å². The summed E-state index contributed by atoms with van der Waals surface area (Å²) >= 11 is 0. The number of ether oxygens (including phenoxy) is 1. The number of carbonyl (C=O) groups is 1. The molecule has 0 unspecified atom stereocenters. The number of hydrogen-bond donors (Lipinski definition) is 0. The SMILES string of the molecule is Cc1ccc(OCC(=O)N2CCn3c(cc4ccccc43)C2)cc1. The van der Waals surface area contributed by atoms with Gasteiger partial charge >= 0.3 is 0 Å². The van der Waals surface area contributed by atoms with Crippen molar-refractivity contribution in [1.82, 2.24) is 9.47 Å². The summed E-state index contributed by atoms with van der Waals surface area (Å²) < 4.78 is 7.93. The van der Waals surface area contributed by atoms with Gasteiger partial charge in [0.05, 0.1) is 6.54 Å². The molecule has 0 N–H and O–H groups in total. The minimum Gasteiger partial charge on any atom is -0.484 e. The highest BCUT2D eigenvalue weighted by Crippen LogP contribution is 2.24. The molecule has 0 saturated carbocycles. The lowest BCUT2D eigenvalue weighted by molar-refractivity contribution is -0.134. The van der Waals surface area contributed by atoms with Gasteiger partial charge < -0.3 is 14.2 Å². The van der Waals surface area contributed by atoms with E-state index in [1.165, 1.54) is 22.2 Å². The number of hydrogen-bond acceptors (Lipinski definition) is 2. The predicted molar refractivity (Wildman–Crippen MR) is 94.0 cm³/mol. The van der Waals surface area contributed by atoms with Crippen molar-refractivity contribution in [3.05, 3.63) is 65.9 Å². The monoisotopic (exact) mass is 320 g/mol. The summed E-state index contributed by atoms with van der Waals surface area (Å²) in [6, 6.07) is 18.3. The molecule has 0 bridgehead atoms. The molecule has 4 nitrogen and oxygen atoms in total. The van der Waals surface area contributed by atoms with Crippen LogP contribution >= 0.6 is 0 Å².